The van der Waals surface area contributed by atoms with Gasteiger partial charge in [0.15, 0.2) is 0 Å². The summed E-state index contributed by atoms with van der Waals surface area (Å²) in [6.45, 7) is 2.31. The van der Waals surface area contributed by atoms with E-state index < -0.39 is 6.09 Å². The van der Waals surface area contributed by atoms with E-state index in [1.807, 2.05) is 42.5 Å². The van der Waals surface area contributed by atoms with E-state index in [0.717, 1.165) is 29.7 Å². The predicted octanol–water partition coefficient (Wildman–Crippen LogP) is 6.79. The highest BCUT2D eigenvalue weighted by molar-refractivity contribution is 6.36. The first-order valence-corrected chi connectivity index (χ1v) is 12.3. The van der Waals surface area contributed by atoms with Crippen LogP contribution in [0.2, 0.25) is 10.0 Å². The molecule has 1 saturated heterocycles. The average molecular weight is 497 g/mol. The van der Waals surface area contributed by atoms with Gasteiger partial charge in [0.2, 0.25) is 0 Å². The Hall–Kier alpha value is -2.89. The molecule has 0 spiro atoms. The van der Waals surface area contributed by atoms with Crippen molar-refractivity contribution >= 4 is 35.0 Å². The van der Waals surface area contributed by atoms with Gasteiger partial charge in [0.1, 0.15) is 12.4 Å². The fourth-order valence-corrected chi connectivity index (χ4v) is 5.88. The molecule has 0 radical (unpaired) electrons. The Bertz CT molecular complexity index is 1190. The van der Waals surface area contributed by atoms with Crippen molar-refractivity contribution < 1.29 is 14.6 Å². The molecule has 0 saturated carbocycles. The number of carboxylic acid groups (broad SMARTS) is 1. The lowest BCUT2D eigenvalue weighted by atomic mass is 9.86. The van der Waals surface area contributed by atoms with E-state index in [0.29, 0.717) is 36.3 Å². The summed E-state index contributed by atoms with van der Waals surface area (Å²) in [5, 5.41) is 10.8. The molecule has 7 heteroatoms. The maximum absolute atomic E-state index is 11.7. The number of ether oxygens (including phenoxy) is 1. The van der Waals surface area contributed by atoms with Crippen LogP contribution in [0.4, 0.5) is 10.5 Å². The van der Waals surface area contributed by atoms with Gasteiger partial charge in [0, 0.05) is 46.3 Å². The van der Waals surface area contributed by atoms with E-state index in [2.05, 4.69) is 23.1 Å². The van der Waals surface area contributed by atoms with Gasteiger partial charge in [-0.3, -0.25) is 0 Å². The van der Waals surface area contributed by atoms with Crippen molar-refractivity contribution in [1.82, 2.24) is 4.90 Å². The highest BCUT2D eigenvalue weighted by Gasteiger charge is 2.42. The molecule has 5 rings (SSSR count). The van der Waals surface area contributed by atoms with E-state index in [1.54, 1.807) is 6.07 Å². The van der Waals surface area contributed by atoms with E-state index in [-0.39, 0.29) is 12.0 Å². The normalized spacial score (nSPS) is 19.4. The molecule has 2 aliphatic rings. The van der Waals surface area contributed by atoms with Gasteiger partial charge in [0.05, 0.1) is 6.54 Å². The molecule has 0 aromatic heterocycles. The number of amides is 1. The molecule has 0 aliphatic carbocycles. The lowest BCUT2D eigenvalue weighted by molar-refractivity contribution is 0.146. The Morgan fingerprint density at radius 1 is 0.971 bits per heavy atom. The molecule has 2 atom stereocenters. The number of carbonyl (C=O) groups is 1. The molecule has 1 fully saturated rings. The number of hydrogen-bond donors (Lipinski definition) is 1. The van der Waals surface area contributed by atoms with Crippen LogP contribution >= 0.6 is 23.2 Å². The minimum absolute atomic E-state index is 0.200. The SMILES string of the molecule is O=C(O)N1CCC2c3c(-c4ccc(Cl)cc4Cl)cccc3N(CCOc3ccccc3)C2CC1. The average Bonchev–Trinajstić information content (AvgIpc) is 2.97. The maximum atomic E-state index is 11.7. The fourth-order valence-electron chi connectivity index (χ4n) is 5.37. The highest BCUT2D eigenvalue weighted by Crippen LogP contribution is 2.50. The van der Waals surface area contributed by atoms with Crippen LogP contribution in [-0.2, 0) is 0 Å². The van der Waals surface area contributed by atoms with Gasteiger partial charge in [-0.15, -0.1) is 0 Å². The zero-order valence-corrected chi connectivity index (χ0v) is 20.2. The Labute approximate surface area is 209 Å². The second kappa shape index (κ2) is 9.77. The van der Waals surface area contributed by atoms with E-state index in [9.17, 15) is 9.90 Å². The van der Waals surface area contributed by atoms with Crippen LogP contribution in [0.25, 0.3) is 11.1 Å². The van der Waals surface area contributed by atoms with Gasteiger partial charge in [-0.1, -0.05) is 59.6 Å². The van der Waals surface area contributed by atoms with Gasteiger partial charge in [-0.25, -0.2) is 4.79 Å². The maximum Gasteiger partial charge on any atom is 0.407 e. The van der Waals surface area contributed by atoms with Gasteiger partial charge in [-0.05, 0) is 54.3 Å². The summed E-state index contributed by atoms with van der Waals surface area (Å²) in [7, 11) is 0. The van der Waals surface area contributed by atoms with Crippen molar-refractivity contribution in [2.24, 2.45) is 0 Å². The van der Waals surface area contributed by atoms with Crippen LogP contribution in [0, 0.1) is 0 Å². The second-order valence-corrected chi connectivity index (χ2v) is 9.58. The number of nitrogens with zero attached hydrogens (tertiary/aromatic N) is 2. The van der Waals surface area contributed by atoms with Crippen molar-refractivity contribution in [2.45, 2.75) is 24.8 Å². The molecule has 3 aromatic rings. The summed E-state index contributed by atoms with van der Waals surface area (Å²) in [4.78, 5) is 15.7. The molecule has 0 bridgehead atoms. The molecular weight excluding hydrogens is 471 g/mol. The molecule has 2 unspecified atom stereocenters. The van der Waals surface area contributed by atoms with Crippen molar-refractivity contribution in [1.29, 1.82) is 0 Å². The van der Waals surface area contributed by atoms with Crippen LogP contribution in [0.5, 0.6) is 5.75 Å². The summed E-state index contributed by atoms with van der Waals surface area (Å²) in [5.74, 6) is 1.05. The molecule has 5 nitrogen and oxygen atoms in total. The Kier molecular flexibility index (Phi) is 6.57. The van der Waals surface area contributed by atoms with Crippen molar-refractivity contribution in [3.63, 3.8) is 0 Å². The molecule has 176 valence electrons. The lowest BCUT2D eigenvalue weighted by Crippen LogP contribution is -2.38. The number of halogens is 2. The molecular formula is C27H26Cl2N2O3. The Morgan fingerprint density at radius 3 is 2.53 bits per heavy atom. The monoisotopic (exact) mass is 496 g/mol. The van der Waals surface area contributed by atoms with E-state index in [1.165, 1.54) is 16.2 Å². The zero-order chi connectivity index (χ0) is 23.7. The molecule has 1 amide bonds. The quantitative estimate of drug-likeness (QED) is 0.422. The molecule has 2 aliphatic heterocycles. The number of hydrogen-bond acceptors (Lipinski definition) is 3. The standard InChI is InChI=1S/C27H26Cl2N2O3/c28-18-9-10-20(23(29)17-18)21-7-4-8-25-26(21)22-11-13-30(27(32)33)14-12-24(22)31(25)15-16-34-19-5-2-1-3-6-19/h1-10,17,22,24H,11-16H2,(H,32,33). The number of para-hydroxylation sites is 1. The van der Waals surface area contributed by atoms with E-state index in [4.69, 9.17) is 27.9 Å². The summed E-state index contributed by atoms with van der Waals surface area (Å²) in [6.07, 6.45) is 0.681. The van der Waals surface area contributed by atoms with Gasteiger partial charge in [0.25, 0.3) is 0 Å². The smallest absolute Gasteiger partial charge is 0.407 e. The van der Waals surface area contributed by atoms with Crippen molar-refractivity contribution in [2.75, 3.05) is 31.1 Å². The third-order valence-corrected chi connectivity index (χ3v) is 7.42. The highest BCUT2D eigenvalue weighted by atomic mass is 35.5. The van der Waals surface area contributed by atoms with Crippen LogP contribution in [0.3, 0.4) is 0 Å². The topological polar surface area (TPSA) is 53.0 Å². The summed E-state index contributed by atoms with van der Waals surface area (Å²) < 4.78 is 6.02. The number of likely N-dealkylation sites (tertiary alicyclic amines) is 1. The predicted molar refractivity (Wildman–Crippen MR) is 137 cm³/mol. The summed E-state index contributed by atoms with van der Waals surface area (Å²) >= 11 is 12.8. The number of fused-ring (bicyclic) bond motifs is 3. The van der Waals surface area contributed by atoms with E-state index >= 15 is 0 Å². The molecule has 2 heterocycles. The number of anilines is 1. The Morgan fingerprint density at radius 2 is 1.76 bits per heavy atom. The minimum atomic E-state index is -0.854. The zero-order valence-electron chi connectivity index (χ0n) is 18.7. The summed E-state index contributed by atoms with van der Waals surface area (Å²) in [6, 6.07) is 21.9. The Balaban J connectivity index is 1.50. The first-order chi connectivity index (χ1) is 16.5. The molecule has 34 heavy (non-hydrogen) atoms. The second-order valence-electron chi connectivity index (χ2n) is 8.74. The summed E-state index contributed by atoms with van der Waals surface area (Å²) in [5.41, 5.74) is 4.45. The molecule has 3 aromatic carbocycles. The first-order valence-electron chi connectivity index (χ1n) is 11.5. The van der Waals surface area contributed by atoms with Gasteiger partial charge < -0.3 is 19.6 Å². The van der Waals surface area contributed by atoms with Gasteiger partial charge >= 0.3 is 6.09 Å². The third kappa shape index (κ3) is 4.42. The van der Waals surface area contributed by atoms with Crippen molar-refractivity contribution in [3.8, 4) is 16.9 Å². The largest absolute Gasteiger partial charge is 0.492 e. The number of benzene rings is 3. The minimum Gasteiger partial charge on any atom is -0.492 e. The lowest BCUT2D eigenvalue weighted by Gasteiger charge is -2.29. The van der Waals surface area contributed by atoms with Crippen molar-refractivity contribution in [3.05, 3.63) is 82.3 Å². The van der Waals surface area contributed by atoms with Crippen LogP contribution in [-0.4, -0.2) is 48.4 Å². The third-order valence-electron chi connectivity index (χ3n) is 6.87. The van der Waals surface area contributed by atoms with Crippen LogP contribution < -0.4 is 9.64 Å². The molecule has 1 N–H and O–H groups in total. The number of rotatable bonds is 5. The van der Waals surface area contributed by atoms with Gasteiger partial charge in [-0.2, -0.15) is 0 Å². The van der Waals surface area contributed by atoms with Crippen LogP contribution in [0.15, 0.2) is 66.7 Å². The fraction of sp³-hybridized carbons (Fsp3) is 0.296. The first kappa shape index (κ1) is 22.9. The van der Waals surface area contributed by atoms with Crippen LogP contribution in [0.1, 0.15) is 24.3 Å².